The summed E-state index contributed by atoms with van der Waals surface area (Å²) in [4.78, 5) is 11.4. The molecule has 0 radical (unpaired) electrons. The van der Waals surface area contributed by atoms with Crippen LogP contribution in [0.5, 0.6) is 11.5 Å². The molecule has 0 amide bonds. The molecule has 0 fully saturated rings. The summed E-state index contributed by atoms with van der Waals surface area (Å²) in [6.07, 6.45) is 1.96. The highest BCUT2D eigenvalue weighted by atomic mass is 127. The molecule has 0 aliphatic heterocycles. The Morgan fingerprint density at radius 2 is 2.07 bits per heavy atom. The first kappa shape index (κ1) is 24.5. The maximum Gasteiger partial charge on any atom is 0.193 e. The number of rotatable bonds is 9. The molecule has 0 aliphatic rings. The second-order valence-corrected chi connectivity index (χ2v) is 7.20. The molecule has 0 atom stereocenters. The van der Waals surface area contributed by atoms with Crippen molar-refractivity contribution >= 4 is 41.3 Å². The number of benzene rings is 1. The monoisotopic (exact) mass is 518 g/mol. The molecule has 156 valence electrons. The highest BCUT2D eigenvalue weighted by Gasteiger charge is 2.11. The Morgan fingerprint density at radius 3 is 2.68 bits per heavy atom. The zero-order chi connectivity index (χ0) is 19.6. The van der Waals surface area contributed by atoms with Crippen LogP contribution in [0.2, 0.25) is 0 Å². The van der Waals surface area contributed by atoms with E-state index in [0.717, 1.165) is 54.6 Å². The molecule has 6 nitrogen and oxygen atoms in total. The van der Waals surface area contributed by atoms with Gasteiger partial charge in [-0.25, -0.2) is 4.98 Å². The molecule has 0 spiro atoms. The molecule has 0 saturated heterocycles. The molecule has 8 heteroatoms. The third kappa shape index (κ3) is 7.46. The van der Waals surface area contributed by atoms with Crippen molar-refractivity contribution in [1.29, 1.82) is 0 Å². The zero-order valence-electron chi connectivity index (χ0n) is 17.3. The van der Waals surface area contributed by atoms with Crippen LogP contribution in [-0.4, -0.2) is 50.2 Å². The molecule has 1 aromatic carbocycles. The van der Waals surface area contributed by atoms with Gasteiger partial charge in [-0.2, -0.15) is 0 Å². The van der Waals surface area contributed by atoms with E-state index in [2.05, 4.69) is 27.5 Å². The molecule has 0 saturated carbocycles. The summed E-state index contributed by atoms with van der Waals surface area (Å²) in [5, 5.41) is 6.64. The van der Waals surface area contributed by atoms with Crippen molar-refractivity contribution in [3.8, 4) is 11.5 Å². The zero-order valence-corrected chi connectivity index (χ0v) is 20.5. The van der Waals surface area contributed by atoms with Crippen molar-refractivity contribution in [3.05, 3.63) is 39.8 Å². The Hall–Kier alpha value is -1.55. The Bertz CT molecular complexity index is 752. The number of thiazole rings is 1. The van der Waals surface area contributed by atoms with Crippen molar-refractivity contribution in [2.75, 3.05) is 34.4 Å². The molecular formula is C20H31IN4O2S. The van der Waals surface area contributed by atoms with Crippen molar-refractivity contribution < 1.29 is 9.47 Å². The second-order valence-electron chi connectivity index (χ2n) is 6.26. The Kier molecular flexibility index (Phi) is 11.2. The van der Waals surface area contributed by atoms with Crippen molar-refractivity contribution in [2.24, 2.45) is 4.99 Å². The highest BCUT2D eigenvalue weighted by Crippen LogP contribution is 2.25. The molecule has 2 aromatic rings. The van der Waals surface area contributed by atoms with Crippen molar-refractivity contribution in [1.82, 2.24) is 15.2 Å². The Balaban J connectivity index is 0.00000392. The van der Waals surface area contributed by atoms with Gasteiger partial charge < -0.3 is 19.7 Å². The lowest BCUT2D eigenvalue weighted by molar-refractivity contribution is 0.382. The summed E-state index contributed by atoms with van der Waals surface area (Å²) >= 11 is 1.72. The van der Waals surface area contributed by atoms with Crippen LogP contribution in [0.15, 0.2) is 28.6 Å². The first-order chi connectivity index (χ1) is 13.1. The van der Waals surface area contributed by atoms with Gasteiger partial charge in [0.15, 0.2) is 5.96 Å². The molecule has 1 heterocycles. The van der Waals surface area contributed by atoms with E-state index in [-0.39, 0.29) is 24.0 Å². The number of halogens is 1. The highest BCUT2D eigenvalue weighted by molar-refractivity contribution is 14.0. The molecule has 0 aliphatic carbocycles. The number of ether oxygens (including phenoxy) is 2. The number of guanidine groups is 1. The fraction of sp³-hybridized carbons (Fsp3) is 0.500. The average Bonchev–Trinajstić information content (AvgIpc) is 3.09. The van der Waals surface area contributed by atoms with Crippen LogP contribution in [0, 0.1) is 6.92 Å². The minimum absolute atomic E-state index is 0. The number of nitrogens with zero attached hydrogens (tertiary/aromatic N) is 3. The van der Waals surface area contributed by atoms with Gasteiger partial charge in [0.2, 0.25) is 0 Å². The summed E-state index contributed by atoms with van der Waals surface area (Å²) in [5.74, 6) is 2.50. The number of hydrogen-bond donors (Lipinski definition) is 1. The molecule has 28 heavy (non-hydrogen) atoms. The molecular weight excluding hydrogens is 487 g/mol. The van der Waals surface area contributed by atoms with Gasteiger partial charge in [0.25, 0.3) is 0 Å². The number of aromatic nitrogens is 1. The predicted molar refractivity (Wildman–Crippen MR) is 128 cm³/mol. The number of aliphatic imine (C=N–C) groups is 1. The smallest absolute Gasteiger partial charge is 0.193 e. The van der Waals surface area contributed by atoms with Gasteiger partial charge in [-0.05, 0) is 32.4 Å². The third-order valence-corrected chi connectivity index (χ3v) is 5.10. The summed E-state index contributed by atoms with van der Waals surface area (Å²) in [5.41, 5.74) is 2.18. The summed E-state index contributed by atoms with van der Waals surface area (Å²) in [7, 11) is 5.37. The first-order valence-corrected chi connectivity index (χ1v) is 10.1. The number of aryl methyl sites for hydroxylation is 2. The molecule has 1 N–H and O–H groups in total. The third-order valence-electron chi connectivity index (χ3n) is 4.08. The van der Waals surface area contributed by atoms with Crippen LogP contribution in [0.3, 0.4) is 0 Å². The summed E-state index contributed by atoms with van der Waals surface area (Å²) < 4.78 is 10.8. The van der Waals surface area contributed by atoms with E-state index in [0.29, 0.717) is 6.54 Å². The molecule has 0 bridgehead atoms. The largest absolute Gasteiger partial charge is 0.497 e. The van der Waals surface area contributed by atoms with Gasteiger partial charge >= 0.3 is 0 Å². The van der Waals surface area contributed by atoms with Gasteiger partial charge in [-0.3, -0.25) is 4.99 Å². The van der Waals surface area contributed by atoms with Crippen molar-refractivity contribution in [2.45, 2.75) is 33.2 Å². The van der Waals surface area contributed by atoms with Crippen LogP contribution < -0.4 is 14.8 Å². The normalized spacial score (nSPS) is 11.0. The lowest BCUT2D eigenvalue weighted by Gasteiger charge is -2.23. The van der Waals surface area contributed by atoms with E-state index in [4.69, 9.17) is 14.5 Å². The van der Waals surface area contributed by atoms with E-state index in [1.165, 1.54) is 5.01 Å². The lowest BCUT2D eigenvalue weighted by atomic mass is 10.2. The summed E-state index contributed by atoms with van der Waals surface area (Å²) in [6.45, 7) is 6.41. The standard InChI is InChI=1S/C20H30N4O2S.HI/c1-6-21-20(22-11-7-8-19-23-15(2)14-27-19)24(3)13-16-9-10-17(25-4)12-18(16)26-5;/h9-10,12,14H,6-8,11,13H2,1-5H3,(H,21,22);1H. The summed E-state index contributed by atoms with van der Waals surface area (Å²) in [6, 6.07) is 5.89. The number of hydrogen-bond acceptors (Lipinski definition) is 5. The van der Waals surface area contributed by atoms with Gasteiger partial charge in [-0.1, -0.05) is 0 Å². The Labute approximate surface area is 189 Å². The molecule has 0 unspecified atom stereocenters. The van der Waals surface area contributed by atoms with E-state index in [1.807, 2.05) is 32.2 Å². The van der Waals surface area contributed by atoms with E-state index >= 15 is 0 Å². The van der Waals surface area contributed by atoms with Crippen LogP contribution >= 0.6 is 35.3 Å². The SMILES string of the molecule is CCNC(=NCCCc1nc(C)cs1)N(C)Cc1ccc(OC)cc1OC.I. The average molecular weight is 518 g/mol. The fourth-order valence-electron chi connectivity index (χ4n) is 2.72. The topological polar surface area (TPSA) is 59.0 Å². The molecule has 2 rings (SSSR count). The van der Waals surface area contributed by atoms with Crippen molar-refractivity contribution in [3.63, 3.8) is 0 Å². The fourth-order valence-corrected chi connectivity index (χ4v) is 3.53. The maximum atomic E-state index is 5.51. The van der Waals surface area contributed by atoms with Gasteiger partial charge in [0.05, 0.1) is 19.2 Å². The number of nitrogens with one attached hydrogen (secondary N) is 1. The second kappa shape index (κ2) is 12.8. The van der Waals surface area contributed by atoms with Gasteiger partial charge in [0.1, 0.15) is 11.5 Å². The van der Waals surface area contributed by atoms with Crippen LogP contribution in [-0.2, 0) is 13.0 Å². The molecule has 1 aromatic heterocycles. The minimum atomic E-state index is 0. The van der Waals surface area contributed by atoms with Crippen LogP contribution in [0.25, 0.3) is 0 Å². The van der Waals surface area contributed by atoms with Crippen LogP contribution in [0.1, 0.15) is 29.6 Å². The maximum absolute atomic E-state index is 5.51. The van der Waals surface area contributed by atoms with E-state index < -0.39 is 0 Å². The minimum Gasteiger partial charge on any atom is -0.497 e. The quantitative estimate of drug-likeness (QED) is 0.234. The van der Waals surface area contributed by atoms with Gasteiger partial charge in [-0.15, -0.1) is 35.3 Å². The lowest BCUT2D eigenvalue weighted by Crippen LogP contribution is -2.38. The Morgan fingerprint density at radius 1 is 1.29 bits per heavy atom. The predicted octanol–water partition coefficient (Wildman–Crippen LogP) is 4.12. The number of methoxy groups -OCH3 is 2. The van der Waals surface area contributed by atoms with Gasteiger partial charge in [0, 0.05) is 55.8 Å². The van der Waals surface area contributed by atoms with E-state index in [1.54, 1.807) is 25.6 Å². The van der Waals surface area contributed by atoms with Crippen LogP contribution in [0.4, 0.5) is 0 Å². The van der Waals surface area contributed by atoms with E-state index in [9.17, 15) is 0 Å². The first-order valence-electron chi connectivity index (χ1n) is 9.18.